The zero-order valence-electron chi connectivity index (χ0n) is 11.2. The second-order valence-corrected chi connectivity index (χ2v) is 5.10. The molecule has 1 aliphatic rings. The normalized spacial score (nSPS) is 13.3. The smallest absolute Gasteiger partial charge is 0.151 e. The molecule has 0 saturated carbocycles. The van der Waals surface area contributed by atoms with Crippen LogP contribution in [0.25, 0.3) is 0 Å². The Morgan fingerprint density at radius 2 is 1.80 bits per heavy atom. The van der Waals surface area contributed by atoms with Crippen molar-refractivity contribution in [2.45, 2.75) is 25.7 Å². The Morgan fingerprint density at radius 1 is 1.00 bits per heavy atom. The largest absolute Gasteiger partial charge is 0.455 e. The third kappa shape index (κ3) is 2.46. The first kappa shape index (κ1) is 12.6. The molecule has 3 nitrogen and oxygen atoms in total. The molecule has 0 aromatic heterocycles. The van der Waals surface area contributed by atoms with Crippen molar-refractivity contribution in [1.29, 1.82) is 5.26 Å². The average molecular weight is 264 g/mol. The van der Waals surface area contributed by atoms with E-state index < -0.39 is 0 Å². The van der Waals surface area contributed by atoms with Crippen molar-refractivity contribution >= 4 is 5.69 Å². The van der Waals surface area contributed by atoms with E-state index in [-0.39, 0.29) is 0 Å². The van der Waals surface area contributed by atoms with E-state index in [1.807, 2.05) is 6.07 Å². The molecule has 0 bridgehead atoms. The molecule has 2 N–H and O–H groups in total. The lowest BCUT2D eigenvalue weighted by atomic mass is 9.92. The highest BCUT2D eigenvalue weighted by Crippen LogP contribution is 2.31. The van der Waals surface area contributed by atoms with E-state index in [4.69, 9.17) is 15.7 Å². The molecule has 0 amide bonds. The fourth-order valence-corrected chi connectivity index (χ4v) is 2.59. The Hall–Kier alpha value is -2.47. The van der Waals surface area contributed by atoms with Gasteiger partial charge in [-0.3, -0.25) is 0 Å². The monoisotopic (exact) mass is 264 g/mol. The molecule has 0 fully saturated rings. The lowest BCUT2D eigenvalue weighted by Crippen LogP contribution is -2.02. The highest BCUT2D eigenvalue weighted by molar-refractivity contribution is 5.57. The highest BCUT2D eigenvalue weighted by atomic mass is 16.5. The van der Waals surface area contributed by atoms with E-state index in [1.165, 1.54) is 24.0 Å². The SMILES string of the molecule is N#Cc1ccc(N)c(Oc2ccc3c(c2)CCCC3)c1. The molecule has 0 spiro atoms. The standard InChI is InChI=1S/C17H16N2O/c18-11-12-5-8-16(19)17(9-12)20-15-7-6-13-3-1-2-4-14(13)10-15/h5-10H,1-4,19H2. The van der Waals surface area contributed by atoms with Crippen LogP contribution in [-0.2, 0) is 12.8 Å². The van der Waals surface area contributed by atoms with E-state index in [9.17, 15) is 0 Å². The van der Waals surface area contributed by atoms with Crippen molar-refractivity contribution in [3.8, 4) is 17.6 Å². The minimum Gasteiger partial charge on any atom is -0.455 e. The topological polar surface area (TPSA) is 59.0 Å². The minimum absolute atomic E-state index is 0.541. The van der Waals surface area contributed by atoms with Gasteiger partial charge in [-0.05, 0) is 61.1 Å². The van der Waals surface area contributed by atoms with E-state index in [1.54, 1.807) is 18.2 Å². The van der Waals surface area contributed by atoms with Crippen molar-refractivity contribution in [2.75, 3.05) is 5.73 Å². The predicted molar refractivity (Wildman–Crippen MR) is 78.7 cm³/mol. The summed E-state index contributed by atoms with van der Waals surface area (Å²) in [5.41, 5.74) is 9.77. The van der Waals surface area contributed by atoms with Gasteiger partial charge in [0.2, 0.25) is 0 Å². The van der Waals surface area contributed by atoms with Gasteiger partial charge in [0.05, 0.1) is 17.3 Å². The number of hydrogen-bond acceptors (Lipinski definition) is 3. The van der Waals surface area contributed by atoms with Crippen LogP contribution >= 0.6 is 0 Å². The average Bonchev–Trinajstić information content (AvgIpc) is 2.49. The Balaban J connectivity index is 1.90. The molecule has 3 rings (SSSR count). The van der Waals surface area contributed by atoms with Crippen LogP contribution < -0.4 is 10.5 Å². The second kappa shape index (κ2) is 5.26. The second-order valence-electron chi connectivity index (χ2n) is 5.10. The van der Waals surface area contributed by atoms with E-state index >= 15 is 0 Å². The number of nitrogens with zero attached hydrogens (tertiary/aromatic N) is 1. The molecule has 0 heterocycles. The molecule has 100 valence electrons. The molecule has 20 heavy (non-hydrogen) atoms. The summed E-state index contributed by atoms with van der Waals surface area (Å²) in [7, 11) is 0. The number of rotatable bonds is 2. The summed E-state index contributed by atoms with van der Waals surface area (Å²) in [5.74, 6) is 1.33. The van der Waals surface area contributed by atoms with Gasteiger partial charge < -0.3 is 10.5 Å². The van der Waals surface area contributed by atoms with Crippen LogP contribution in [0.1, 0.15) is 29.5 Å². The van der Waals surface area contributed by atoms with Crippen molar-refractivity contribution in [3.05, 3.63) is 53.1 Å². The van der Waals surface area contributed by atoms with Gasteiger partial charge in [0.25, 0.3) is 0 Å². The number of fused-ring (bicyclic) bond motifs is 1. The molecule has 1 aliphatic carbocycles. The quantitative estimate of drug-likeness (QED) is 0.839. The van der Waals surface area contributed by atoms with Crippen molar-refractivity contribution in [3.63, 3.8) is 0 Å². The van der Waals surface area contributed by atoms with Crippen LogP contribution in [0.3, 0.4) is 0 Å². The third-order valence-corrected chi connectivity index (χ3v) is 3.69. The van der Waals surface area contributed by atoms with Gasteiger partial charge >= 0.3 is 0 Å². The molecule has 0 saturated heterocycles. The predicted octanol–water partition coefficient (Wildman–Crippen LogP) is 3.81. The molecule has 2 aromatic carbocycles. The summed E-state index contributed by atoms with van der Waals surface area (Å²) >= 11 is 0. The first-order valence-corrected chi connectivity index (χ1v) is 6.85. The highest BCUT2D eigenvalue weighted by Gasteiger charge is 2.11. The van der Waals surface area contributed by atoms with Gasteiger partial charge in [-0.1, -0.05) is 6.07 Å². The molecular formula is C17H16N2O. The van der Waals surface area contributed by atoms with Gasteiger partial charge in [0, 0.05) is 6.07 Å². The number of hydrogen-bond donors (Lipinski definition) is 1. The summed E-state index contributed by atoms with van der Waals surface area (Å²) in [6, 6.07) is 13.4. The lowest BCUT2D eigenvalue weighted by molar-refractivity contribution is 0.483. The van der Waals surface area contributed by atoms with E-state index in [0.29, 0.717) is 17.0 Å². The van der Waals surface area contributed by atoms with Gasteiger partial charge in [-0.2, -0.15) is 5.26 Å². The first-order chi connectivity index (χ1) is 9.76. The molecule has 0 atom stereocenters. The zero-order chi connectivity index (χ0) is 13.9. The maximum Gasteiger partial charge on any atom is 0.151 e. The van der Waals surface area contributed by atoms with Crippen molar-refractivity contribution < 1.29 is 4.74 Å². The third-order valence-electron chi connectivity index (χ3n) is 3.69. The number of benzene rings is 2. The van der Waals surface area contributed by atoms with Crippen LogP contribution in [0, 0.1) is 11.3 Å². The Kier molecular flexibility index (Phi) is 3.30. The Bertz CT molecular complexity index is 686. The fourth-order valence-electron chi connectivity index (χ4n) is 2.59. The maximum absolute atomic E-state index is 8.93. The molecular weight excluding hydrogens is 248 g/mol. The molecule has 0 radical (unpaired) electrons. The summed E-state index contributed by atoms with van der Waals surface area (Å²) in [6.07, 6.45) is 4.77. The summed E-state index contributed by atoms with van der Waals surface area (Å²) < 4.78 is 5.84. The van der Waals surface area contributed by atoms with Gasteiger partial charge in [0.1, 0.15) is 5.75 Å². The van der Waals surface area contributed by atoms with Crippen LogP contribution in [0.5, 0.6) is 11.5 Å². The number of aryl methyl sites for hydroxylation is 2. The Morgan fingerprint density at radius 3 is 2.60 bits per heavy atom. The van der Waals surface area contributed by atoms with Gasteiger partial charge in [-0.25, -0.2) is 0 Å². The number of nitriles is 1. The maximum atomic E-state index is 8.93. The van der Waals surface area contributed by atoms with Crippen LogP contribution in [0.4, 0.5) is 5.69 Å². The van der Waals surface area contributed by atoms with Gasteiger partial charge in [-0.15, -0.1) is 0 Å². The number of ether oxygens (including phenoxy) is 1. The van der Waals surface area contributed by atoms with Gasteiger partial charge in [0.15, 0.2) is 5.75 Å². The minimum atomic E-state index is 0.541. The molecule has 0 unspecified atom stereocenters. The summed E-state index contributed by atoms with van der Waals surface area (Å²) in [4.78, 5) is 0. The molecule has 2 aromatic rings. The Labute approximate surface area is 118 Å². The van der Waals surface area contributed by atoms with Crippen LogP contribution in [0.2, 0.25) is 0 Å². The fraction of sp³-hybridized carbons (Fsp3) is 0.235. The summed E-state index contributed by atoms with van der Waals surface area (Å²) in [6.45, 7) is 0. The molecule has 3 heteroatoms. The van der Waals surface area contributed by atoms with Crippen LogP contribution in [-0.4, -0.2) is 0 Å². The van der Waals surface area contributed by atoms with E-state index in [0.717, 1.165) is 18.6 Å². The molecule has 0 aliphatic heterocycles. The summed E-state index contributed by atoms with van der Waals surface area (Å²) in [5, 5.41) is 8.93. The lowest BCUT2D eigenvalue weighted by Gasteiger charge is -2.17. The zero-order valence-corrected chi connectivity index (χ0v) is 11.2. The number of nitrogen functional groups attached to an aromatic ring is 1. The van der Waals surface area contributed by atoms with E-state index in [2.05, 4.69) is 18.2 Å². The number of nitrogens with two attached hydrogens (primary N) is 1. The van der Waals surface area contributed by atoms with Crippen molar-refractivity contribution in [2.24, 2.45) is 0 Å². The first-order valence-electron chi connectivity index (χ1n) is 6.85. The van der Waals surface area contributed by atoms with Crippen LogP contribution in [0.15, 0.2) is 36.4 Å². The van der Waals surface area contributed by atoms with Crippen molar-refractivity contribution in [1.82, 2.24) is 0 Å². The number of anilines is 1.